The number of ether oxygens (including phenoxy) is 1. The molecule has 1 aliphatic heterocycles. The first-order valence-corrected chi connectivity index (χ1v) is 9.74. The van der Waals surface area contributed by atoms with Gasteiger partial charge in [-0.25, -0.2) is 9.37 Å². The Morgan fingerprint density at radius 2 is 1.97 bits per heavy atom. The number of carbonyl (C=O) groups excluding carboxylic acids is 1. The number of carbonyl (C=O) groups is 1. The van der Waals surface area contributed by atoms with Crippen LogP contribution in [0.3, 0.4) is 0 Å². The summed E-state index contributed by atoms with van der Waals surface area (Å²) in [4.78, 5) is 17.7. The number of nitrogens with one attached hydrogen (secondary N) is 1. The fraction of sp³-hybridized carbons (Fsp3) is 0.364. The first-order chi connectivity index (χ1) is 14.0. The van der Waals surface area contributed by atoms with Crippen LogP contribution in [0.25, 0.3) is 11.0 Å². The number of amides is 1. The van der Waals surface area contributed by atoms with Gasteiger partial charge in [-0.1, -0.05) is 24.3 Å². The van der Waals surface area contributed by atoms with Crippen molar-refractivity contribution in [2.75, 3.05) is 18.4 Å². The molecule has 152 valence electrons. The van der Waals surface area contributed by atoms with Gasteiger partial charge in [0, 0.05) is 39.3 Å². The molecule has 6 nitrogen and oxygen atoms in total. The molecule has 0 radical (unpaired) electrons. The topological polar surface area (TPSA) is 59.4 Å². The maximum atomic E-state index is 14.5. The van der Waals surface area contributed by atoms with E-state index in [9.17, 15) is 9.18 Å². The number of hydrogen-bond donors (Lipinski definition) is 1. The SMILES string of the molecule is CC(=O)Nc1ccc(CN2C[C@@H](F)[C@@H](OCc3nc4ccccc4n3C)C2)cc1. The van der Waals surface area contributed by atoms with E-state index >= 15 is 0 Å². The quantitative estimate of drug-likeness (QED) is 0.695. The minimum Gasteiger partial charge on any atom is -0.366 e. The van der Waals surface area contributed by atoms with Gasteiger partial charge in [-0.05, 0) is 29.8 Å². The van der Waals surface area contributed by atoms with E-state index in [-0.39, 0.29) is 12.5 Å². The Kier molecular flexibility index (Phi) is 5.60. The molecule has 1 N–H and O–H groups in total. The fourth-order valence-electron chi connectivity index (χ4n) is 3.75. The fourth-order valence-corrected chi connectivity index (χ4v) is 3.75. The van der Waals surface area contributed by atoms with Crippen LogP contribution in [0.2, 0.25) is 0 Å². The third kappa shape index (κ3) is 4.46. The molecule has 0 bridgehead atoms. The van der Waals surface area contributed by atoms with Crippen molar-refractivity contribution in [3.8, 4) is 0 Å². The minimum absolute atomic E-state index is 0.0989. The second-order valence-electron chi connectivity index (χ2n) is 7.51. The van der Waals surface area contributed by atoms with Crippen LogP contribution in [-0.4, -0.2) is 45.7 Å². The number of hydrogen-bond acceptors (Lipinski definition) is 4. The zero-order valence-corrected chi connectivity index (χ0v) is 16.6. The average molecular weight is 396 g/mol. The van der Waals surface area contributed by atoms with Crippen LogP contribution in [0.4, 0.5) is 10.1 Å². The number of para-hydroxylation sites is 2. The highest BCUT2D eigenvalue weighted by Gasteiger charge is 2.33. The van der Waals surface area contributed by atoms with Crippen LogP contribution in [0, 0.1) is 0 Å². The first kappa shape index (κ1) is 19.5. The predicted octanol–water partition coefficient (Wildman–Crippen LogP) is 3.27. The molecule has 1 aliphatic rings. The summed E-state index contributed by atoms with van der Waals surface area (Å²) in [6.07, 6.45) is -1.49. The normalized spacial score (nSPS) is 19.7. The number of anilines is 1. The summed E-state index contributed by atoms with van der Waals surface area (Å²) in [5.74, 6) is 0.698. The molecule has 2 heterocycles. The van der Waals surface area contributed by atoms with E-state index < -0.39 is 12.3 Å². The lowest BCUT2D eigenvalue weighted by Crippen LogP contribution is -2.25. The summed E-state index contributed by atoms with van der Waals surface area (Å²) in [7, 11) is 1.95. The van der Waals surface area contributed by atoms with Crippen LogP contribution in [-0.2, 0) is 29.7 Å². The number of halogens is 1. The monoisotopic (exact) mass is 396 g/mol. The van der Waals surface area contributed by atoms with Crippen LogP contribution in [0.5, 0.6) is 0 Å². The smallest absolute Gasteiger partial charge is 0.221 e. The Labute approximate surface area is 169 Å². The van der Waals surface area contributed by atoms with Crippen molar-refractivity contribution in [1.29, 1.82) is 0 Å². The van der Waals surface area contributed by atoms with Gasteiger partial charge in [0.15, 0.2) is 0 Å². The lowest BCUT2D eigenvalue weighted by Gasteiger charge is -2.16. The summed E-state index contributed by atoms with van der Waals surface area (Å²) >= 11 is 0. The molecule has 7 heteroatoms. The average Bonchev–Trinajstić information content (AvgIpc) is 3.21. The van der Waals surface area contributed by atoms with E-state index in [0.717, 1.165) is 28.1 Å². The van der Waals surface area contributed by atoms with Crippen molar-refractivity contribution in [1.82, 2.24) is 14.5 Å². The van der Waals surface area contributed by atoms with E-state index in [1.807, 2.05) is 60.1 Å². The molecular formula is C22H25FN4O2. The number of likely N-dealkylation sites (tertiary alicyclic amines) is 1. The number of nitrogens with zero attached hydrogens (tertiary/aromatic N) is 3. The van der Waals surface area contributed by atoms with Crippen molar-refractivity contribution in [2.24, 2.45) is 7.05 Å². The van der Waals surface area contributed by atoms with Crippen molar-refractivity contribution in [2.45, 2.75) is 32.4 Å². The zero-order chi connectivity index (χ0) is 20.4. The summed E-state index contributed by atoms with van der Waals surface area (Å²) in [5, 5.41) is 2.75. The molecule has 1 saturated heterocycles. The van der Waals surface area contributed by atoms with Crippen LogP contribution >= 0.6 is 0 Å². The summed E-state index contributed by atoms with van der Waals surface area (Å²) < 4.78 is 22.4. The van der Waals surface area contributed by atoms with Gasteiger partial charge in [0.2, 0.25) is 5.91 Å². The molecule has 0 unspecified atom stereocenters. The van der Waals surface area contributed by atoms with Gasteiger partial charge < -0.3 is 14.6 Å². The summed E-state index contributed by atoms with van der Waals surface area (Å²) in [6.45, 7) is 3.30. The Hall–Kier alpha value is -2.77. The molecule has 29 heavy (non-hydrogen) atoms. The summed E-state index contributed by atoms with van der Waals surface area (Å²) in [6, 6.07) is 15.5. The van der Waals surface area contributed by atoms with E-state index in [2.05, 4.69) is 15.2 Å². The third-order valence-corrected chi connectivity index (χ3v) is 5.26. The maximum Gasteiger partial charge on any atom is 0.221 e. The van der Waals surface area contributed by atoms with Gasteiger partial charge in [0.1, 0.15) is 24.7 Å². The Morgan fingerprint density at radius 3 is 2.69 bits per heavy atom. The van der Waals surface area contributed by atoms with Gasteiger partial charge in [-0.15, -0.1) is 0 Å². The Bertz CT molecular complexity index is 1000. The molecule has 0 spiro atoms. The lowest BCUT2D eigenvalue weighted by molar-refractivity contribution is -0.114. The highest BCUT2D eigenvalue weighted by molar-refractivity contribution is 5.88. The highest BCUT2D eigenvalue weighted by atomic mass is 19.1. The molecule has 4 rings (SSSR count). The third-order valence-electron chi connectivity index (χ3n) is 5.26. The number of benzene rings is 2. The van der Waals surface area contributed by atoms with Crippen molar-refractivity contribution < 1.29 is 13.9 Å². The number of rotatable bonds is 6. The molecule has 1 aromatic heterocycles. The predicted molar refractivity (Wildman–Crippen MR) is 110 cm³/mol. The van der Waals surface area contributed by atoms with Gasteiger partial charge >= 0.3 is 0 Å². The van der Waals surface area contributed by atoms with Crippen LogP contribution in [0.1, 0.15) is 18.3 Å². The van der Waals surface area contributed by atoms with Crippen molar-refractivity contribution >= 4 is 22.6 Å². The summed E-state index contributed by atoms with van der Waals surface area (Å²) in [5.41, 5.74) is 3.79. The van der Waals surface area contributed by atoms with Gasteiger partial charge in [0.25, 0.3) is 0 Å². The molecule has 0 aliphatic carbocycles. The molecule has 1 amide bonds. The van der Waals surface area contributed by atoms with E-state index in [4.69, 9.17) is 4.74 Å². The second-order valence-corrected chi connectivity index (χ2v) is 7.51. The lowest BCUT2D eigenvalue weighted by atomic mass is 10.2. The van der Waals surface area contributed by atoms with Crippen molar-refractivity contribution in [3.63, 3.8) is 0 Å². The minimum atomic E-state index is -1.02. The largest absolute Gasteiger partial charge is 0.366 e. The number of aryl methyl sites for hydroxylation is 1. The second kappa shape index (κ2) is 8.31. The highest BCUT2D eigenvalue weighted by Crippen LogP contribution is 2.22. The van der Waals surface area contributed by atoms with Crippen LogP contribution < -0.4 is 5.32 Å². The Morgan fingerprint density at radius 1 is 1.21 bits per heavy atom. The number of alkyl halides is 1. The molecule has 1 fully saturated rings. The molecule has 2 aromatic carbocycles. The molecule has 2 atom stereocenters. The molecular weight excluding hydrogens is 371 g/mol. The van der Waals surface area contributed by atoms with E-state index in [1.54, 1.807) is 0 Å². The van der Waals surface area contributed by atoms with Gasteiger partial charge in [0.05, 0.1) is 11.0 Å². The first-order valence-electron chi connectivity index (χ1n) is 9.74. The number of imidazole rings is 1. The van der Waals surface area contributed by atoms with E-state index in [1.165, 1.54) is 6.92 Å². The number of aromatic nitrogens is 2. The van der Waals surface area contributed by atoms with Crippen molar-refractivity contribution in [3.05, 3.63) is 59.9 Å². The standard InChI is InChI=1S/C22H25FN4O2/c1-15(28)24-17-9-7-16(8-10-17)11-27-12-18(23)21(13-27)29-14-22-25-19-5-3-4-6-20(19)26(22)2/h3-10,18,21H,11-14H2,1-2H3,(H,24,28)/t18-,21+/m1/s1. The zero-order valence-electron chi connectivity index (χ0n) is 16.6. The molecule has 0 saturated carbocycles. The Balaban J connectivity index is 1.33. The van der Waals surface area contributed by atoms with E-state index in [0.29, 0.717) is 19.6 Å². The number of fused-ring (bicyclic) bond motifs is 1. The van der Waals surface area contributed by atoms with Gasteiger partial charge in [-0.2, -0.15) is 0 Å². The van der Waals surface area contributed by atoms with Crippen LogP contribution in [0.15, 0.2) is 48.5 Å². The van der Waals surface area contributed by atoms with Gasteiger partial charge in [-0.3, -0.25) is 9.69 Å². The maximum absolute atomic E-state index is 14.5. The molecule has 3 aromatic rings.